The van der Waals surface area contributed by atoms with Crippen LogP contribution < -0.4 is 4.90 Å². The molecule has 0 saturated carbocycles. The average molecular weight is 375 g/mol. The number of fused-ring (bicyclic) bond motifs is 1. The van der Waals surface area contributed by atoms with E-state index in [9.17, 15) is 5.11 Å². The zero-order valence-corrected chi connectivity index (χ0v) is 15.3. The number of halogens is 1. The highest BCUT2D eigenvalue weighted by Crippen LogP contribution is 2.39. The van der Waals surface area contributed by atoms with Crippen molar-refractivity contribution in [1.82, 2.24) is 15.1 Å². The summed E-state index contributed by atoms with van der Waals surface area (Å²) in [6, 6.07) is 3.65. The van der Waals surface area contributed by atoms with Crippen molar-refractivity contribution < 1.29 is 14.4 Å². The summed E-state index contributed by atoms with van der Waals surface area (Å²) in [6.45, 7) is 5.12. The topological polar surface area (TPSA) is 84.5 Å². The van der Waals surface area contributed by atoms with E-state index in [1.807, 2.05) is 26.0 Å². The first-order valence-corrected chi connectivity index (χ1v) is 8.85. The molecule has 136 valence electrons. The molecule has 0 aromatic carbocycles. The molecule has 0 amide bonds. The van der Waals surface area contributed by atoms with Crippen LogP contribution in [0, 0.1) is 0 Å². The second-order valence-electron chi connectivity index (χ2n) is 6.49. The molecule has 4 rings (SSSR count). The first-order chi connectivity index (χ1) is 12.6. The monoisotopic (exact) mass is 374 g/mol. The number of rotatable bonds is 3. The van der Waals surface area contributed by atoms with Gasteiger partial charge >= 0.3 is 0 Å². The lowest BCUT2D eigenvalue weighted by Gasteiger charge is -2.37. The minimum absolute atomic E-state index is 0.0548. The van der Waals surface area contributed by atoms with Gasteiger partial charge in [0, 0.05) is 31.0 Å². The number of aromatic nitrogens is 3. The van der Waals surface area contributed by atoms with E-state index in [4.69, 9.17) is 20.9 Å². The minimum atomic E-state index is -0.230. The Morgan fingerprint density at radius 3 is 2.58 bits per heavy atom. The van der Waals surface area contributed by atoms with Crippen molar-refractivity contribution in [3.63, 3.8) is 0 Å². The van der Waals surface area contributed by atoms with E-state index in [0.717, 1.165) is 5.56 Å². The van der Waals surface area contributed by atoms with Crippen LogP contribution in [0.2, 0.25) is 5.02 Å². The van der Waals surface area contributed by atoms with E-state index >= 15 is 0 Å². The Morgan fingerprint density at radius 1 is 1.23 bits per heavy atom. The lowest BCUT2D eigenvalue weighted by molar-refractivity contribution is -0.00533. The third-order valence-corrected chi connectivity index (χ3v) is 4.78. The molecule has 1 N–H and O–H groups in total. The van der Waals surface area contributed by atoms with Gasteiger partial charge in [0.05, 0.1) is 30.2 Å². The van der Waals surface area contributed by atoms with Crippen LogP contribution in [-0.2, 0) is 11.3 Å². The van der Waals surface area contributed by atoms with E-state index in [0.29, 0.717) is 46.3 Å². The van der Waals surface area contributed by atoms with Gasteiger partial charge in [0.2, 0.25) is 5.58 Å². The Morgan fingerprint density at radius 2 is 1.92 bits per heavy atom. The van der Waals surface area contributed by atoms with Crippen LogP contribution in [-0.4, -0.2) is 45.5 Å². The Labute approximate surface area is 155 Å². The first kappa shape index (κ1) is 17.2. The molecule has 0 bridgehead atoms. The van der Waals surface area contributed by atoms with Crippen LogP contribution in [0.15, 0.2) is 29.0 Å². The number of morpholine rings is 1. The van der Waals surface area contributed by atoms with E-state index in [-0.39, 0.29) is 18.8 Å². The molecular weight excluding hydrogens is 356 g/mol. The molecule has 0 spiro atoms. The number of nitrogens with zero attached hydrogens (tertiary/aromatic N) is 4. The Balaban J connectivity index is 1.86. The fraction of sp³-hybridized carbons (Fsp3) is 0.389. The van der Waals surface area contributed by atoms with Gasteiger partial charge in [-0.3, -0.25) is 4.98 Å². The molecule has 0 radical (unpaired) electrons. The SMILES string of the molecule is CC1CN(c2c(CO)nc3c(-c4ccncc4)noc3c2Cl)CC(C)O1. The summed E-state index contributed by atoms with van der Waals surface area (Å²) < 4.78 is 11.3. The van der Waals surface area contributed by atoms with Crippen LogP contribution in [0.5, 0.6) is 0 Å². The Bertz CT molecular complexity index is 921. The largest absolute Gasteiger partial charge is 0.390 e. The molecule has 0 aliphatic carbocycles. The number of aliphatic hydroxyl groups is 1. The predicted octanol–water partition coefficient (Wildman–Crippen LogP) is 3.04. The molecule has 3 aromatic heterocycles. The van der Waals surface area contributed by atoms with Gasteiger partial charge in [-0.1, -0.05) is 16.8 Å². The molecule has 26 heavy (non-hydrogen) atoms. The van der Waals surface area contributed by atoms with Crippen molar-refractivity contribution in [3.05, 3.63) is 35.2 Å². The van der Waals surface area contributed by atoms with Crippen LogP contribution in [0.1, 0.15) is 19.5 Å². The average Bonchev–Trinajstić information content (AvgIpc) is 3.05. The van der Waals surface area contributed by atoms with Crippen molar-refractivity contribution >= 4 is 28.4 Å². The molecule has 1 saturated heterocycles. The molecule has 3 aromatic rings. The maximum absolute atomic E-state index is 9.92. The summed E-state index contributed by atoms with van der Waals surface area (Å²) in [5.74, 6) is 0. The summed E-state index contributed by atoms with van der Waals surface area (Å²) in [5, 5.41) is 14.5. The third-order valence-electron chi connectivity index (χ3n) is 4.43. The summed E-state index contributed by atoms with van der Waals surface area (Å²) in [6.07, 6.45) is 3.46. The molecule has 8 heteroatoms. The van der Waals surface area contributed by atoms with Crippen molar-refractivity contribution in [1.29, 1.82) is 0 Å². The third kappa shape index (κ3) is 2.92. The fourth-order valence-electron chi connectivity index (χ4n) is 3.45. The van der Waals surface area contributed by atoms with Crippen LogP contribution in [0.3, 0.4) is 0 Å². The molecular formula is C18H19ClN4O3. The number of pyridine rings is 2. The Hall–Kier alpha value is -2.22. The number of anilines is 1. The van der Waals surface area contributed by atoms with Gasteiger partial charge in [-0.15, -0.1) is 0 Å². The number of aliphatic hydroxyl groups excluding tert-OH is 1. The molecule has 1 aliphatic rings. The minimum Gasteiger partial charge on any atom is -0.390 e. The second-order valence-corrected chi connectivity index (χ2v) is 6.86. The maximum atomic E-state index is 9.92. The molecule has 2 atom stereocenters. The predicted molar refractivity (Wildman–Crippen MR) is 98.2 cm³/mol. The smallest absolute Gasteiger partial charge is 0.206 e. The number of hydrogen-bond donors (Lipinski definition) is 1. The summed E-state index contributed by atoms with van der Waals surface area (Å²) in [4.78, 5) is 10.7. The van der Waals surface area contributed by atoms with Crippen molar-refractivity contribution in [2.75, 3.05) is 18.0 Å². The van der Waals surface area contributed by atoms with Gasteiger partial charge in [0.15, 0.2) is 0 Å². The standard InChI is InChI=1S/C18H19ClN4O3/c1-10-7-23(8-11(2)25-10)17-13(9-24)21-16-15(12-3-5-20-6-4-12)22-26-18(16)14(17)19/h3-6,10-11,24H,7-9H2,1-2H3. The highest BCUT2D eigenvalue weighted by atomic mass is 35.5. The van der Waals surface area contributed by atoms with Gasteiger partial charge in [-0.25, -0.2) is 4.98 Å². The van der Waals surface area contributed by atoms with Gasteiger partial charge in [-0.2, -0.15) is 0 Å². The highest BCUT2D eigenvalue weighted by Gasteiger charge is 2.29. The second kappa shape index (κ2) is 6.83. The Kier molecular flexibility index (Phi) is 4.52. The number of hydrogen-bond acceptors (Lipinski definition) is 7. The molecule has 2 unspecified atom stereocenters. The maximum Gasteiger partial charge on any atom is 0.206 e. The van der Waals surface area contributed by atoms with Gasteiger partial charge in [-0.05, 0) is 26.0 Å². The van der Waals surface area contributed by atoms with Gasteiger partial charge in [0.25, 0.3) is 0 Å². The molecule has 4 heterocycles. The quantitative estimate of drug-likeness (QED) is 0.754. The van der Waals surface area contributed by atoms with Crippen molar-refractivity contribution in [3.8, 4) is 11.3 Å². The zero-order valence-electron chi connectivity index (χ0n) is 14.5. The van der Waals surface area contributed by atoms with E-state index in [1.54, 1.807) is 12.4 Å². The van der Waals surface area contributed by atoms with Crippen molar-refractivity contribution in [2.45, 2.75) is 32.7 Å². The van der Waals surface area contributed by atoms with Gasteiger partial charge in [0.1, 0.15) is 16.2 Å². The van der Waals surface area contributed by atoms with Crippen LogP contribution >= 0.6 is 11.6 Å². The van der Waals surface area contributed by atoms with Crippen molar-refractivity contribution in [2.24, 2.45) is 0 Å². The molecule has 1 aliphatic heterocycles. The lowest BCUT2D eigenvalue weighted by atomic mass is 10.1. The first-order valence-electron chi connectivity index (χ1n) is 8.48. The van der Waals surface area contributed by atoms with Gasteiger partial charge < -0.3 is 19.3 Å². The summed E-state index contributed by atoms with van der Waals surface area (Å²) in [7, 11) is 0. The number of ether oxygens (including phenoxy) is 1. The van der Waals surface area contributed by atoms with Crippen LogP contribution in [0.4, 0.5) is 5.69 Å². The molecule has 1 fully saturated rings. The summed E-state index contributed by atoms with van der Waals surface area (Å²) in [5.41, 5.74) is 3.53. The van der Waals surface area contributed by atoms with E-state index in [1.165, 1.54) is 0 Å². The zero-order chi connectivity index (χ0) is 18.3. The fourth-order valence-corrected chi connectivity index (χ4v) is 3.80. The molecule has 7 nitrogen and oxygen atoms in total. The normalized spacial score (nSPS) is 20.7. The van der Waals surface area contributed by atoms with Crippen LogP contribution in [0.25, 0.3) is 22.4 Å². The van der Waals surface area contributed by atoms with E-state index in [2.05, 4.69) is 20.0 Å². The van der Waals surface area contributed by atoms with E-state index < -0.39 is 0 Å². The summed E-state index contributed by atoms with van der Waals surface area (Å²) >= 11 is 6.68. The highest BCUT2D eigenvalue weighted by molar-refractivity contribution is 6.37. The lowest BCUT2D eigenvalue weighted by Crippen LogP contribution is -2.46.